The average Bonchev–Trinajstić information content (AvgIpc) is 2.46. The van der Waals surface area contributed by atoms with Crippen molar-refractivity contribution in [2.75, 3.05) is 19.6 Å². The summed E-state index contributed by atoms with van der Waals surface area (Å²) in [6, 6.07) is 4.88. The maximum atomic E-state index is 12.0. The zero-order valence-corrected chi connectivity index (χ0v) is 12.5. The third-order valence-corrected chi connectivity index (χ3v) is 2.64. The quantitative estimate of drug-likeness (QED) is 0.708. The van der Waals surface area contributed by atoms with Crippen molar-refractivity contribution in [3.05, 3.63) is 29.8 Å². The fraction of sp³-hybridized carbons (Fsp3) is 0.429. The monoisotopic (exact) mass is 333 g/mol. The molecule has 1 aromatic rings. The average molecular weight is 333 g/mol. The van der Waals surface area contributed by atoms with Crippen LogP contribution in [0.1, 0.15) is 12.5 Å². The van der Waals surface area contributed by atoms with E-state index in [-0.39, 0.29) is 24.7 Å². The minimum atomic E-state index is -4.72. The van der Waals surface area contributed by atoms with Crippen LogP contribution in [-0.2, 0) is 11.2 Å². The van der Waals surface area contributed by atoms with E-state index in [0.29, 0.717) is 13.0 Å². The summed E-state index contributed by atoms with van der Waals surface area (Å²) in [7, 11) is 0. The van der Waals surface area contributed by atoms with Crippen LogP contribution < -0.4 is 20.7 Å². The molecular weight excluding hydrogens is 315 g/mol. The Kier molecular flexibility index (Phi) is 7.17. The summed E-state index contributed by atoms with van der Waals surface area (Å²) in [5.74, 6) is -0.586. The zero-order chi connectivity index (χ0) is 17.3. The van der Waals surface area contributed by atoms with Crippen molar-refractivity contribution >= 4 is 11.9 Å². The summed E-state index contributed by atoms with van der Waals surface area (Å²) in [4.78, 5) is 22.5. The number of likely N-dealkylation sites (N-methyl/N-ethyl adjacent to an activating group) is 1. The van der Waals surface area contributed by atoms with Gasteiger partial charge in [-0.2, -0.15) is 0 Å². The first-order valence-electron chi connectivity index (χ1n) is 6.93. The molecule has 3 N–H and O–H groups in total. The lowest BCUT2D eigenvalue weighted by Gasteiger charge is -2.10. The summed E-state index contributed by atoms with van der Waals surface area (Å²) < 4.78 is 39.8. The van der Waals surface area contributed by atoms with Crippen LogP contribution in [0, 0.1) is 0 Å². The van der Waals surface area contributed by atoms with Crippen LogP contribution in [-0.4, -0.2) is 37.9 Å². The van der Waals surface area contributed by atoms with Gasteiger partial charge in [0, 0.05) is 13.1 Å². The van der Waals surface area contributed by atoms with Crippen molar-refractivity contribution in [2.45, 2.75) is 19.7 Å². The smallest absolute Gasteiger partial charge is 0.406 e. The van der Waals surface area contributed by atoms with Gasteiger partial charge in [-0.15, -0.1) is 13.2 Å². The molecule has 3 amide bonds. The summed E-state index contributed by atoms with van der Waals surface area (Å²) in [5.41, 5.74) is 0.739. The Morgan fingerprint density at radius 3 is 2.30 bits per heavy atom. The largest absolute Gasteiger partial charge is 0.573 e. The molecule has 0 unspecified atom stereocenters. The highest BCUT2D eigenvalue weighted by Crippen LogP contribution is 2.22. The number of nitrogens with one attached hydrogen (secondary N) is 3. The molecule has 0 atom stereocenters. The van der Waals surface area contributed by atoms with E-state index in [1.807, 2.05) is 0 Å². The fourth-order valence-electron chi connectivity index (χ4n) is 1.66. The number of carbonyl (C=O) groups excluding carboxylic acids is 2. The van der Waals surface area contributed by atoms with E-state index >= 15 is 0 Å². The van der Waals surface area contributed by atoms with E-state index in [2.05, 4.69) is 20.7 Å². The Hall–Kier alpha value is -2.45. The molecule has 0 saturated heterocycles. The minimum absolute atomic E-state index is 0.122. The number of hydrogen-bond acceptors (Lipinski definition) is 3. The molecule has 0 heterocycles. The van der Waals surface area contributed by atoms with Gasteiger partial charge in [0.1, 0.15) is 5.75 Å². The third-order valence-electron chi connectivity index (χ3n) is 2.64. The molecular formula is C14H18F3N3O3. The van der Waals surface area contributed by atoms with Crippen LogP contribution in [0.25, 0.3) is 0 Å². The molecule has 23 heavy (non-hydrogen) atoms. The second kappa shape index (κ2) is 8.86. The summed E-state index contributed by atoms with van der Waals surface area (Å²) in [5, 5.41) is 7.45. The Morgan fingerprint density at radius 2 is 1.74 bits per heavy atom. The van der Waals surface area contributed by atoms with Gasteiger partial charge < -0.3 is 20.7 Å². The van der Waals surface area contributed by atoms with E-state index < -0.39 is 12.4 Å². The molecule has 0 bridgehead atoms. The number of alkyl halides is 3. The number of rotatable bonds is 7. The first-order valence-corrected chi connectivity index (χ1v) is 6.93. The molecule has 0 fully saturated rings. The SMILES string of the molecule is CCNC(=O)CNC(=O)NCCc1ccc(OC(F)(F)F)cc1. The predicted octanol–water partition coefficient (Wildman–Crippen LogP) is 1.56. The molecule has 0 aliphatic carbocycles. The van der Waals surface area contributed by atoms with Crippen LogP contribution in [0.15, 0.2) is 24.3 Å². The first-order chi connectivity index (χ1) is 10.8. The molecule has 6 nitrogen and oxygen atoms in total. The Labute approximate surface area is 131 Å². The van der Waals surface area contributed by atoms with E-state index in [1.54, 1.807) is 6.92 Å². The van der Waals surface area contributed by atoms with Crippen LogP contribution >= 0.6 is 0 Å². The van der Waals surface area contributed by atoms with E-state index in [4.69, 9.17) is 0 Å². The number of carbonyl (C=O) groups is 2. The van der Waals surface area contributed by atoms with Gasteiger partial charge >= 0.3 is 12.4 Å². The van der Waals surface area contributed by atoms with Gasteiger partial charge in [0.15, 0.2) is 0 Å². The summed E-state index contributed by atoms with van der Waals surface area (Å²) in [6.07, 6.45) is -4.29. The number of halogens is 3. The number of amides is 3. The molecule has 0 saturated carbocycles. The predicted molar refractivity (Wildman–Crippen MR) is 76.9 cm³/mol. The minimum Gasteiger partial charge on any atom is -0.406 e. The number of hydrogen-bond donors (Lipinski definition) is 3. The molecule has 1 rings (SSSR count). The lowest BCUT2D eigenvalue weighted by Crippen LogP contribution is -2.42. The van der Waals surface area contributed by atoms with Crippen LogP contribution in [0.2, 0.25) is 0 Å². The van der Waals surface area contributed by atoms with Crippen LogP contribution in [0.4, 0.5) is 18.0 Å². The van der Waals surface area contributed by atoms with E-state index in [0.717, 1.165) is 5.56 Å². The highest BCUT2D eigenvalue weighted by atomic mass is 19.4. The maximum absolute atomic E-state index is 12.0. The highest BCUT2D eigenvalue weighted by molar-refractivity contribution is 5.83. The van der Waals surface area contributed by atoms with Crippen molar-refractivity contribution < 1.29 is 27.5 Å². The maximum Gasteiger partial charge on any atom is 0.573 e. The Bertz CT molecular complexity index is 518. The zero-order valence-electron chi connectivity index (χ0n) is 12.5. The normalized spacial score (nSPS) is 10.8. The van der Waals surface area contributed by atoms with Crippen molar-refractivity contribution in [1.29, 1.82) is 0 Å². The standard InChI is InChI=1S/C14H18F3N3O3/c1-2-18-12(21)9-20-13(22)19-8-7-10-3-5-11(6-4-10)23-14(15,16)17/h3-6H,2,7-9H2,1H3,(H,18,21)(H2,19,20,22). The van der Waals surface area contributed by atoms with Crippen molar-refractivity contribution in [2.24, 2.45) is 0 Å². The topological polar surface area (TPSA) is 79.5 Å². The molecule has 128 valence electrons. The molecule has 0 aliphatic heterocycles. The summed E-state index contributed by atoms with van der Waals surface area (Å²) in [6.45, 7) is 2.41. The van der Waals surface area contributed by atoms with Gasteiger partial charge in [0.05, 0.1) is 6.54 Å². The lowest BCUT2D eigenvalue weighted by molar-refractivity contribution is -0.274. The lowest BCUT2D eigenvalue weighted by atomic mass is 10.1. The number of benzene rings is 1. The van der Waals surface area contributed by atoms with Crippen LogP contribution in [0.3, 0.4) is 0 Å². The van der Waals surface area contributed by atoms with Crippen molar-refractivity contribution in [1.82, 2.24) is 16.0 Å². The van der Waals surface area contributed by atoms with E-state index in [9.17, 15) is 22.8 Å². The van der Waals surface area contributed by atoms with Gasteiger partial charge in [-0.3, -0.25) is 4.79 Å². The Morgan fingerprint density at radius 1 is 1.09 bits per heavy atom. The van der Waals surface area contributed by atoms with Gasteiger partial charge in [-0.1, -0.05) is 12.1 Å². The van der Waals surface area contributed by atoms with Gasteiger partial charge in [0.2, 0.25) is 5.91 Å². The van der Waals surface area contributed by atoms with Crippen molar-refractivity contribution in [3.8, 4) is 5.75 Å². The highest BCUT2D eigenvalue weighted by Gasteiger charge is 2.30. The van der Waals surface area contributed by atoms with E-state index in [1.165, 1.54) is 24.3 Å². The fourth-order valence-corrected chi connectivity index (χ4v) is 1.66. The Balaban J connectivity index is 2.27. The molecule has 9 heteroatoms. The molecule has 0 radical (unpaired) electrons. The number of ether oxygens (including phenoxy) is 1. The second-order valence-corrected chi connectivity index (χ2v) is 4.50. The van der Waals surface area contributed by atoms with Crippen LogP contribution in [0.5, 0.6) is 5.75 Å². The number of urea groups is 1. The first kappa shape index (κ1) is 18.6. The second-order valence-electron chi connectivity index (χ2n) is 4.50. The molecule has 0 aliphatic rings. The molecule has 0 spiro atoms. The van der Waals surface area contributed by atoms with Gasteiger partial charge in [0.25, 0.3) is 0 Å². The third kappa shape index (κ3) is 8.54. The van der Waals surface area contributed by atoms with Crippen molar-refractivity contribution in [3.63, 3.8) is 0 Å². The summed E-state index contributed by atoms with van der Waals surface area (Å²) >= 11 is 0. The van der Waals surface area contributed by atoms with Gasteiger partial charge in [-0.05, 0) is 31.0 Å². The molecule has 1 aromatic carbocycles. The van der Waals surface area contributed by atoms with Gasteiger partial charge in [-0.25, -0.2) is 4.79 Å². The molecule has 0 aromatic heterocycles.